The first-order valence-electron chi connectivity index (χ1n) is 10.4. The molecule has 1 aromatic heterocycles. The van der Waals surface area contributed by atoms with Gasteiger partial charge in [-0.3, -0.25) is 4.79 Å². The molecule has 0 saturated carbocycles. The van der Waals surface area contributed by atoms with Gasteiger partial charge < -0.3 is 36.3 Å². The van der Waals surface area contributed by atoms with Crippen molar-refractivity contribution in [2.75, 3.05) is 29.0 Å². The molecule has 3 aromatic rings. The number of anilines is 3. The van der Waals surface area contributed by atoms with Crippen LogP contribution >= 0.6 is 0 Å². The Labute approximate surface area is 193 Å². The summed E-state index contributed by atoms with van der Waals surface area (Å²) in [6, 6.07) is 14.6. The monoisotopic (exact) mass is 471 g/mol. The number of para-hydroxylation sites is 1. The van der Waals surface area contributed by atoms with Crippen LogP contribution in [0.4, 0.5) is 26.0 Å². The first kappa shape index (κ1) is 23.2. The van der Waals surface area contributed by atoms with E-state index in [1.807, 2.05) is 12.1 Å². The van der Waals surface area contributed by atoms with Crippen molar-refractivity contribution in [3.8, 4) is 11.5 Å². The number of ether oxygens (including phenoxy) is 2. The van der Waals surface area contributed by atoms with Crippen molar-refractivity contribution in [2.24, 2.45) is 5.73 Å². The maximum Gasteiger partial charge on any atom is 0.586 e. The second kappa shape index (κ2) is 9.89. The standard InChI is InChI=1S/C23H23F2N5O4/c24-23(25)33-19-6-5-15(10-20(19)34-23)30-22(32)17-3-1-2-4-18(17)28-12-14-7-8-27-21(9-14)29-13-16(31)11-26/h1-10,16,28,31H,11-13,26H2,(H,27,29)(H,30,32). The van der Waals surface area contributed by atoms with E-state index in [0.717, 1.165) is 5.56 Å². The number of carbonyl (C=O) groups excluding carboxylic acids is 1. The lowest BCUT2D eigenvalue weighted by atomic mass is 10.1. The van der Waals surface area contributed by atoms with Crippen LogP contribution in [0.5, 0.6) is 11.5 Å². The van der Waals surface area contributed by atoms with Crippen LogP contribution in [0.1, 0.15) is 15.9 Å². The highest BCUT2D eigenvalue weighted by molar-refractivity contribution is 6.08. The highest BCUT2D eigenvalue weighted by atomic mass is 19.3. The quantitative estimate of drug-likeness (QED) is 0.322. The van der Waals surface area contributed by atoms with Gasteiger partial charge in [-0.25, -0.2) is 4.98 Å². The summed E-state index contributed by atoms with van der Waals surface area (Å²) >= 11 is 0. The van der Waals surface area contributed by atoms with Gasteiger partial charge in [0.1, 0.15) is 5.82 Å². The normalized spacial score (nSPS) is 14.4. The molecule has 11 heteroatoms. The number of aliphatic hydroxyl groups is 1. The van der Waals surface area contributed by atoms with Gasteiger partial charge >= 0.3 is 6.29 Å². The Morgan fingerprint density at radius 3 is 2.71 bits per heavy atom. The lowest BCUT2D eigenvalue weighted by Gasteiger charge is -2.14. The Morgan fingerprint density at radius 1 is 1.09 bits per heavy atom. The van der Waals surface area contributed by atoms with Crippen LogP contribution in [0, 0.1) is 0 Å². The van der Waals surface area contributed by atoms with E-state index in [1.54, 1.807) is 30.5 Å². The third kappa shape index (κ3) is 5.69. The molecular formula is C23H23F2N5O4. The van der Waals surface area contributed by atoms with E-state index in [0.29, 0.717) is 23.6 Å². The van der Waals surface area contributed by atoms with Crippen LogP contribution in [-0.4, -0.2) is 41.5 Å². The van der Waals surface area contributed by atoms with Crippen molar-refractivity contribution in [2.45, 2.75) is 18.9 Å². The molecule has 1 atom stereocenters. The summed E-state index contributed by atoms with van der Waals surface area (Å²) in [5.41, 5.74) is 7.53. The topological polar surface area (TPSA) is 131 Å². The number of amides is 1. The molecule has 1 amide bonds. The number of nitrogens with two attached hydrogens (primary N) is 1. The number of rotatable bonds is 9. The van der Waals surface area contributed by atoms with E-state index < -0.39 is 18.3 Å². The molecule has 1 aliphatic rings. The minimum Gasteiger partial charge on any atom is -0.395 e. The molecule has 6 N–H and O–H groups in total. The summed E-state index contributed by atoms with van der Waals surface area (Å²) in [6.45, 7) is 0.826. The zero-order valence-corrected chi connectivity index (χ0v) is 17.9. The highest BCUT2D eigenvalue weighted by Crippen LogP contribution is 2.42. The Balaban J connectivity index is 1.41. The first-order chi connectivity index (χ1) is 16.3. The van der Waals surface area contributed by atoms with Gasteiger partial charge in [0.2, 0.25) is 0 Å². The van der Waals surface area contributed by atoms with E-state index in [-0.39, 0.29) is 30.3 Å². The summed E-state index contributed by atoms with van der Waals surface area (Å²) in [5, 5.41) is 18.5. The molecule has 34 heavy (non-hydrogen) atoms. The molecule has 0 spiro atoms. The van der Waals surface area contributed by atoms with Crippen molar-refractivity contribution in [3.05, 3.63) is 71.9 Å². The summed E-state index contributed by atoms with van der Waals surface area (Å²) < 4.78 is 35.3. The zero-order chi connectivity index (χ0) is 24.1. The lowest BCUT2D eigenvalue weighted by Crippen LogP contribution is -2.28. The van der Waals surface area contributed by atoms with Gasteiger partial charge in [-0.1, -0.05) is 12.1 Å². The van der Waals surface area contributed by atoms with Crippen molar-refractivity contribution in [1.29, 1.82) is 0 Å². The van der Waals surface area contributed by atoms with E-state index in [1.165, 1.54) is 18.2 Å². The lowest BCUT2D eigenvalue weighted by molar-refractivity contribution is -0.286. The van der Waals surface area contributed by atoms with Crippen molar-refractivity contribution in [3.63, 3.8) is 0 Å². The predicted molar refractivity (Wildman–Crippen MR) is 122 cm³/mol. The smallest absolute Gasteiger partial charge is 0.395 e. The number of aliphatic hydroxyl groups excluding tert-OH is 1. The Bertz CT molecular complexity index is 1180. The fourth-order valence-corrected chi connectivity index (χ4v) is 3.24. The van der Waals surface area contributed by atoms with Crippen LogP contribution in [-0.2, 0) is 6.54 Å². The molecule has 1 unspecified atom stereocenters. The van der Waals surface area contributed by atoms with Crippen LogP contribution in [0.25, 0.3) is 0 Å². The molecule has 1 aliphatic heterocycles. The fraction of sp³-hybridized carbons (Fsp3) is 0.217. The molecule has 0 bridgehead atoms. The molecule has 9 nitrogen and oxygen atoms in total. The second-order valence-corrected chi connectivity index (χ2v) is 7.50. The third-order valence-corrected chi connectivity index (χ3v) is 4.93. The average Bonchev–Trinajstić information content (AvgIpc) is 3.14. The van der Waals surface area contributed by atoms with Gasteiger partial charge in [0.05, 0.1) is 11.7 Å². The Kier molecular flexibility index (Phi) is 6.75. The Hall–Kier alpha value is -3.96. The largest absolute Gasteiger partial charge is 0.586 e. The van der Waals surface area contributed by atoms with Crippen molar-refractivity contribution >= 4 is 23.1 Å². The van der Waals surface area contributed by atoms with E-state index in [4.69, 9.17) is 5.73 Å². The summed E-state index contributed by atoms with van der Waals surface area (Å²) in [4.78, 5) is 17.1. The van der Waals surface area contributed by atoms with Gasteiger partial charge in [0, 0.05) is 43.3 Å². The van der Waals surface area contributed by atoms with Gasteiger partial charge in [0.25, 0.3) is 5.91 Å². The molecule has 0 fully saturated rings. The van der Waals surface area contributed by atoms with E-state index >= 15 is 0 Å². The van der Waals surface area contributed by atoms with Gasteiger partial charge in [0.15, 0.2) is 11.5 Å². The summed E-state index contributed by atoms with van der Waals surface area (Å²) in [7, 11) is 0. The Morgan fingerprint density at radius 2 is 1.88 bits per heavy atom. The number of fused-ring (bicyclic) bond motifs is 1. The number of benzene rings is 2. The molecular weight excluding hydrogens is 448 g/mol. The molecule has 0 saturated heterocycles. The maximum atomic E-state index is 13.2. The van der Waals surface area contributed by atoms with Crippen molar-refractivity contribution < 1.29 is 28.2 Å². The fourth-order valence-electron chi connectivity index (χ4n) is 3.24. The predicted octanol–water partition coefficient (Wildman–Crippen LogP) is 3.00. The molecule has 2 aromatic carbocycles. The maximum absolute atomic E-state index is 13.2. The molecule has 2 heterocycles. The van der Waals surface area contributed by atoms with Crippen LogP contribution in [0.15, 0.2) is 60.8 Å². The number of carbonyl (C=O) groups is 1. The number of halogens is 2. The van der Waals surface area contributed by atoms with Gasteiger partial charge in [-0.15, -0.1) is 8.78 Å². The molecule has 0 aliphatic carbocycles. The number of hydrogen-bond acceptors (Lipinski definition) is 8. The van der Waals surface area contributed by atoms with Gasteiger partial charge in [-0.05, 0) is 42.0 Å². The van der Waals surface area contributed by atoms with E-state index in [9.17, 15) is 18.7 Å². The minimum atomic E-state index is -3.73. The number of alkyl halides is 2. The molecule has 4 rings (SSSR count). The van der Waals surface area contributed by atoms with Crippen LogP contribution in [0.3, 0.4) is 0 Å². The van der Waals surface area contributed by atoms with Crippen LogP contribution < -0.4 is 31.2 Å². The number of nitrogens with one attached hydrogen (secondary N) is 3. The zero-order valence-electron chi connectivity index (χ0n) is 17.9. The van der Waals surface area contributed by atoms with E-state index in [2.05, 4.69) is 30.4 Å². The summed E-state index contributed by atoms with van der Waals surface area (Å²) in [6.07, 6.45) is -2.76. The van der Waals surface area contributed by atoms with Gasteiger partial charge in [-0.2, -0.15) is 0 Å². The average molecular weight is 471 g/mol. The summed E-state index contributed by atoms with van der Waals surface area (Å²) in [5.74, 6) is -0.100. The first-order valence-corrected chi connectivity index (χ1v) is 10.4. The number of hydrogen-bond donors (Lipinski definition) is 5. The third-order valence-electron chi connectivity index (χ3n) is 4.93. The second-order valence-electron chi connectivity index (χ2n) is 7.50. The number of pyridine rings is 1. The minimum absolute atomic E-state index is 0.103. The molecule has 178 valence electrons. The van der Waals surface area contributed by atoms with Crippen LogP contribution in [0.2, 0.25) is 0 Å². The molecule has 0 radical (unpaired) electrons. The SMILES string of the molecule is NCC(O)CNc1cc(CNc2ccccc2C(=O)Nc2ccc3c(c2)OC(F)(F)O3)ccn1. The highest BCUT2D eigenvalue weighted by Gasteiger charge is 2.43. The number of aromatic nitrogens is 1. The number of nitrogens with zero attached hydrogens (tertiary/aromatic N) is 1. The van der Waals surface area contributed by atoms with Crippen molar-refractivity contribution in [1.82, 2.24) is 4.98 Å².